The minimum Gasteiger partial charge on any atom is -0.493 e. The van der Waals surface area contributed by atoms with Gasteiger partial charge in [0, 0.05) is 11.3 Å². The lowest BCUT2D eigenvalue weighted by Crippen LogP contribution is -1.95. The molecule has 1 aromatic heterocycles. The molecule has 132 valence electrons. The van der Waals surface area contributed by atoms with Crippen molar-refractivity contribution in [2.24, 2.45) is 0 Å². The molecule has 5 heteroatoms. The molecular formula is C22H17N3O2. The summed E-state index contributed by atoms with van der Waals surface area (Å²) in [6, 6.07) is 21.6. The summed E-state index contributed by atoms with van der Waals surface area (Å²) in [5, 5.41) is 9.07. The van der Waals surface area contributed by atoms with Gasteiger partial charge in [-0.15, -0.1) is 0 Å². The van der Waals surface area contributed by atoms with Crippen molar-refractivity contribution in [3.8, 4) is 34.4 Å². The summed E-state index contributed by atoms with van der Waals surface area (Å²) in [5.74, 6) is 1.39. The van der Waals surface area contributed by atoms with Crippen LogP contribution < -0.4 is 9.47 Å². The van der Waals surface area contributed by atoms with Gasteiger partial charge in [0.1, 0.15) is 6.33 Å². The van der Waals surface area contributed by atoms with Crippen LogP contribution in [-0.2, 0) is 0 Å². The maximum Gasteiger partial charge on any atom is 0.168 e. The number of para-hydroxylation sites is 1. The van der Waals surface area contributed by atoms with Gasteiger partial charge in [-0.1, -0.05) is 24.3 Å². The minimum absolute atomic E-state index is 0.600. The first-order valence-corrected chi connectivity index (χ1v) is 8.44. The van der Waals surface area contributed by atoms with Gasteiger partial charge in [0.15, 0.2) is 11.5 Å². The number of ether oxygens (including phenoxy) is 2. The Balaban J connectivity index is 1.84. The molecule has 0 aliphatic rings. The molecule has 0 unspecified atom stereocenters. The molecule has 0 saturated heterocycles. The summed E-state index contributed by atoms with van der Waals surface area (Å²) in [5.41, 5.74) is 5.28. The molecule has 0 bridgehead atoms. The number of nitrogens with zero attached hydrogens (tertiary/aromatic N) is 3. The number of nitriles is 1. The van der Waals surface area contributed by atoms with E-state index in [1.54, 1.807) is 32.7 Å². The van der Waals surface area contributed by atoms with Crippen molar-refractivity contribution in [3.05, 3.63) is 72.6 Å². The molecular weight excluding hydrogens is 338 g/mol. The predicted octanol–water partition coefficient (Wildman–Crippen LogP) is 4.58. The first-order chi connectivity index (χ1) is 13.2. The number of benzene rings is 3. The second-order valence-corrected chi connectivity index (χ2v) is 6.02. The molecule has 5 nitrogen and oxygen atoms in total. The summed E-state index contributed by atoms with van der Waals surface area (Å²) in [7, 11) is 3.27. The first-order valence-electron chi connectivity index (χ1n) is 8.44. The Hall–Kier alpha value is -3.78. The molecule has 0 fully saturated rings. The number of rotatable bonds is 4. The molecule has 3 aromatic carbocycles. The Morgan fingerprint density at radius 2 is 1.81 bits per heavy atom. The van der Waals surface area contributed by atoms with E-state index in [0.29, 0.717) is 17.1 Å². The zero-order chi connectivity index (χ0) is 18.8. The molecule has 1 heterocycles. The summed E-state index contributed by atoms with van der Waals surface area (Å²) >= 11 is 0. The number of aromatic nitrogens is 2. The topological polar surface area (TPSA) is 60.1 Å². The number of hydrogen-bond acceptors (Lipinski definition) is 4. The monoisotopic (exact) mass is 355 g/mol. The minimum atomic E-state index is 0.600. The van der Waals surface area contributed by atoms with E-state index in [-0.39, 0.29) is 0 Å². The fourth-order valence-corrected chi connectivity index (χ4v) is 3.23. The van der Waals surface area contributed by atoms with Crippen LogP contribution in [0, 0.1) is 11.3 Å². The second-order valence-electron chi connectivity index (χ2n) is 6.02. The van der Waals surface area contributed by atoms with Gasteiger partial charge in [-0.25, -0.2) is 4.98 Å². The van der Waals surface area contributed by atoms with E-state index >= 15 is 0 Å². The fourth-order valence-electron chi connectivity index (χ4n) is 3.23. The molecule has 0 atom stereocenters. The van der Waals surface area contributed by atoms with Crippen molar-refractivity contribution in [1.82, 2.24) is 9.55 Å². The smallest absolute Gasteiger partial charge is 0.168 e. The SMILES string of the molecule is COc1cccc(-c2cccc(-n3cnc4cc(C#N)ccc43)c2)c1OC. The molecule has 0 N–H and O–H groups in total. The largest absolute Gasteiger partial charge is 0.493 e. The molecule has 0 amide bonds. The lowest BCUT2D eigenvalue weighted by molar-refractivity contribution is 0.356. The molecule has 0 radical (unpaired) electrons. The second kappa shape index (κ2) is 6.85. The van der Waals surface area contributed by atoms with Crippen molar-refractivity contribution in [1.29, 1.82) is 5.26 Å². The van der Waals surface area contributed by atoms with Gasteiger partial charge in [0.25, 0.3) is 0 Å². The number of imidazole rings is 1. The normalized spacial score (nSPS) is 10.6. The van der Waals surface area contributed by atoms with E-state index in [9.17, 15) is 0 Å². The van der Waals surface area contributed by atoms with Gasteiger partial charge >= 0.3 is 0 Å². The van der Waals surface area contributed by atoms with E-state index in [1.165, 1.54) is 0 Å². The third-order valence-corrected chi connectivity index (χ3v) is 4.51. The standard InChI is InChI=1S/C22H17N3O2/c1-26-21-8-4-7-18(22(21)27-2)16-5-3-6-17(12-16)25-14-24-19-11-15(13-23)9-10-20(19)25/h3-12,14H,1-2H3. The lowest BCUT2D eigenvalue weighted by Gasteiger charge is -2.14. The molecule has 0 aliphatic heterocycles. The number of hydrogen-bond donors (Lipinski definition) is 0. The molecule has 0 spiro atoms. The van der Waals surface area contributed by atoms with Crippen LogP contribution in [0.4, 0.5) is 0 Å². The van der Waals surface area contributed by atoms with Gasteiger partial charge in [-0.05, 0) is 42.0 Å². The quantitative estimate of drug-likeness (QED) is 0.537. The van der Waals surface area contributed by atoms with E-state index in [1.807, 2.05) is 47.0 Å². The van der Waals surface area contributed by atoms with Crippen LogP contribution >= 0.6 is 0 Å². The van der Waals surface area contributed by atoms with Crippen LogP contribution in [0.25, 0.3) is 27.8 Å². The Morgan fingerprint density at radius 3 is 2.59 bits per heavy atom. The zero-order valence-electron chi connectivity index (χ0n) is 15.0. The fraction of sp³-hybridized carbons (Fsp3) is 0.0909. The van der Waals surface area contributed by atoms with E-state index in [4.69, 9.17) is 14.7 Å². The van der Waals surface area contributed by atoms with Gasteiger partial charge in [-0.3, -0.25) is 4.57 Å². The zero-order valence-corrected chi connectivity index (χ0v) is 15.0. The average molecular weight is 355 g/mol. The summed E-state index contributed by atoms with van der Waals surface area (Å²) < 4.78 is 13.0. The highest BCUT2D eigenvalue weighted by Crippen LogP contribution is 2.38. The van der Waals surface area contributed by atoms with Crippen molar-refractivity contribution in [3.63, 3.8) is 0 Å². The molecule has 27 heavy (non-hydrogen) atoms. The predicted molar refractivity (Wildman–Crippen MR) is 104 cm³/mol. The summed E-state index contributed by atoms with van der Waals surface area (Å²) in [4.78, 5) is 4.43. The number of fused-ring (bicyclic) bond motifs is 1. The maximum atomic E-state index is 9.07. The van der Waals surface area contributed by atoms with Crippen molar-refractivity contribution >= 4 is 11.0 Å². The third-order valence-electron chi connectivity index (χ3n) is 4.51. The van der Waals surface area contributed by atoms with Crippen LogP contribution in [0.15, 0.2) is 67.0 Å². The highest BCUT2D eigenvalue weighted by atomic mass is 16.5. The Morgan fingerprint density at radius 1 is 0.963 bits per heavy atom. The van der Waals surface area contributed by atoms with Crippen LogP contribution in [0.1, 0.15) is 5.56 Å². The third kappa shape index (κ3) is 2.87. The van der Waals surface area contributed by atoms with Gasteiger partial charge in [-0.2, -0.15) is 5.26 Å². The van der Waals surface area contributed by atoms with Crippen LogP contribution in [0.5, 0.6) is 11.5 Å². The van der Waals surface area contributed by atoms with Crippen molar-refractivity contribution in [2.45, 2.75) is 0 Å². The van der Waals surface area contributed by atoms with E-state index in [0.717, 1.165) is 27.8 Å². The lowest BCUT2D eigenvalue weighted by atomic mass is 10.0. The summed E-state index contributed by atoms with van der Waals surface area (Å²) in [6.45, 7) is 0. The van der Waals surface area contributed by atoms with Crippen molar-refractivity contribution in [2.75, 3.05) is 14.2 Å². The maximum absolute atomic E-state index is 9.07. The van der Waals surface area contributed by atoms with Gasteiger partial charge in [0.2, 0.25) is 0 Å². The van der Waals surface area contributed by atoms with Crippen molar-refractivity contribution < 1.29 is 9.47 Å². The Kier molecular flexibility index (Phi) is 4.23. The van der Waals surface area contributed by atoms with Crippen LogP contribution in [0.3, 0.4) is 0 Å². The van der Waals surface area contributed by atoms with Gasteiger partial charge in [0.05, 0.1) is 36.9 Å². The van der Waals surface area contributed by atoms with E-state index in [2.05, 4.69) is 17.1 Å². The molecule has 0 saturated carbocycles. The van der Waals surface area contributed by atoms with Crippen LogP contribution in [-0.4, -0.2) is 23.8 Å². The Labute approximate surface area is 157 Å². The first kappa shape index (κ1) is 16.7. The Bertz CT molecular complexity index is 1170. The molecule has 4 rings (SSSR count). The highest BCUT2D eigenvalue weighted by molar-refractivity contribution is 5.80. The molecule has 0 aliphatic carbocycles. The van der Waals surface area contributed by atoms with Crippen LogP contribution in [0.2, 0.25) is 0 Å². The number of methoxy groups -OCH3 is 2. The highest BCUT2D eigenvalue weighted by Gasteiger charge is 2.13. The van der Waals surface area contributed by atoms with Gasteiger partial charge < -0.3 is 9.47 Å². The summed E-state index contributed by atoms with van der Waals surface area (Å²) in [6.07, 6.45) is 1.77. The average Bonchev–Trinajstić information content (AvgIpc) is 3.16. The van der Waals surface area contributed by atoms with E-state index < -0.39 is 0 Å². The molecule has 4 aromatic rings.